The maximum Gasteiger partial charge on any atom is 0.257 e. The number of sulfonamides is 1. The molecule has 0 saturated carbocycles. The van der Waals surface area contributed by atoms with E-state index in [1.807, 2.05) is 38.1 Å². The maximum atomic E-state index is 13.0. The van der Waals surface area contributed by atoms with Gasteiger partial charge in [0, 0.05) is 18.7 Å². The normalized spacial score (nSPS) is 16.3. The van der Waals surface area contributed by atoms with Gasteiger partial charge in [-0.05, 0) is 57.0 Å². The number of nitrogens with zero attached hydrogens (tertiary/aromatic N) is 4. The fourth-order valence-electron chi connectivity index (χ4n) is 3.76. The van der Waals surface area contributed by atoms with Gasteiger partial charge in [-0.1, -0.05) is 35.9 Å². The van der Waals surface area contributed by atoms with Crippen molar-refractivity contribution in [2.24, 2.45) is 0 Å². The quantitative estimate of drug-likeness (QED) is 0.344. The minimum absolute atomic E-state index is 0.193. The highest BCUT2D eigenvalue weighted by molar-refractivity contribution is 7.99. The summed E-state index contributed by atoms with van der Waals surface area (Å²) in [5.74, 6) is 0.925. The zero-order chi connectivity index (χ0) is 23.0. The summed E-state index contributed by atoms with van der Waals surface area (Å²) in [5.41, 5.74) is 3.06. The SMILES string of the molecule is Cc1ccc(-c2nnc(C(C)Sc3nc4cc(S(=O)(=O)N5CCCCC5)ccc4o3)o2)cc1. The van der Waals surface area contributed by atoms with E-state index in [1.54, 1.807) is 22.5 Å². The minimum Gasteiger partial charge on any atom is -0.431 e. The van der Waals surface area contributed by atoms with Crippen LogP contribution in [0.3, 0.4) is 0 Å². The number of piperidine rings is 1. The van der Waals surface area contributed by atoms with Crippen LogP contribution in [0.2, 0.25) is 0 Å². The highest BCUT2D eigenvalue weighted by atomic mass is 32.2. The van der Waals surface area contributed by atoms with E-state index in [0.717, 1.165) is 30.4 Å². The van der Waals surface area contributed by atoms with Crippen molar-refractivity contribution in [2.45, 2.75) is 48.5 Å². The Morgan fingerprint density at radius 1 is 1.00 bits per heavy atom. The van der Waals surface area contributed by atoms with Crippen LogP contribution < -0.4 is 0 Å². The van der Waals surface area contributed by atoms with Crippen LogP contribution in [-0.4, -0.2) is 41.0 Å². The Bertz CT molecular complexity index is 1370. The average Bonchev–Trinajstić information content (AvgIpc) is 3.46. The van der Waals surface area contributed by atoms with E-state index in [4.69, 9.17) is 8.83 Å². The smallest absolute Gasteiger partial charge is 0.257 e. The number of thioether (sulfide) groups is 1. The van der Waals surface area contributed by atoms with Crippen molar-refractivity contribution >= 4 is 32.9 Å². The number of rotatable bonds is 6. The molecule has 1 atom stereocenters. The van der Waals surface area contributed by atoms with Gasteiger partial charge in [0.25, 0.3) is 5.22 Å². The lowest BCUT2D eigenvalue weighted by atomic mass is 10.1. The lowest BCUT2D eigenvalue weighted by molar-refractivity contribution is 0.346. The molecule has 4 aromatic rings. The number of aromatic nitrogens is 3. The van der Waals surface area contributed by atoms with E-state index in [0.29, 0.717) is 41.2 Å². The van der Waals surface area contributed by atoms with Crippen molar-refractivity contribution < 1.29 is 17.3 Å². The first-order valence-corrected chi connectivity index (χ1v) is 13.2. The molecule has 1 aliphatic rings. The fraction of sp³-hybridized carbons (Fsp3) is 0.348. The first kappa shape index (κ1) is 22.1. The third kappa shape index (κ3) is 4.55. The summed E-state index contributed by atoms with van der Waals surface area (Å²) in [6.45, 7) is 5.07. The predicted octanol–water partition coefficient (Wildman–Crippen LogP) is 5.21. The summed E-state index contributed by atoms with van der Waals surface area (Å²) in [7, 11) is -3.53. The molecule has 0 N–H and O–H groups in total. The molecule has 3 heterocycles. The highest BCUT2D eigenvalue weighted by Crippen LogP contribution is 2.36. The topological polar surface area (TPSA) is 102 Å². The third-order valence-electron chi connectivity index (χ3n) is 5.66. The lowest BCUT2D eigenvalue weighted by Crippen LogP contribution is -2.35. The molecule has 1 aliphatic heterocycles. The lowest BCUT2D eigenvalue weighted by Gasteiger charge is -2.25. The fourth-order valence-corrected chi connectivity index (χ4v) is 6.09. The molecule has 1 saturated heterocycles. The molecule has 0 bridgehead atoms. The second kappa shape index (κ2) is 8.92. The summed E-state index contributed by atoms with van der Waals surface area (Å²) in [6.07, 6.45) is 2.86. The number of fused-ring (bicyclic) bond motifs is 1. The second-order valence-electron chi connectivity index (χ2n) is 8.15. The van der Waals surface area contributed by atoms with Crippen LogP contribution in [0.15, 0.2) is 61.4 Å². The molecule has 2 aromatic carbocycles. The van der Waals surface area contributed by atoms with Crippen LogP contribution in [0, 0.1) is 6.92 Å². The first-order chi connectivity index (χ1) is 15.9. The number of oxazole rings is 1. The van der Waals surface area contributed by atoms with E-state index < -0.39 is 10.0 Å². The average molecular weight is 485 g/mol. The largest absolute Gasteiger partial charge is 0.431 e. The van der Waals surface area contributed by atoms with Gasteiger partial charge in [0.2, 0.25) is 21.8 Å². The molecule has 2 aromatic heterocycles. The van der Waals surface area contributed by atoms with Crippen molar-refractivity contribution in [3.63, 3.8) is 0 Å². The second-order valence-corrected chi connectivity index (χ2v) is 11.4. The van der Waals surface area contributed by atoms with Crippen molar-refractivity contribution in [2.75, 3.05) is 13.1 Å². The Hall–Kier alpha value is -2.69. The molecule has 172 valence electrons. The zero-order valence-electron chi connectivity index (χ0n) is 18.4. The van der Waals surface area contributed by atoms with Gasteiger partial charge in [-0.3, -0.25) is 0 Å². The third-order valence-corrected chi connectivity index (χ3v) is 8.48. The Morgan fingerprint density at radius 2 is 1.76 bits per heavy atom. The van der Waals surface area contributed by atoms with E-state index in [1.165, 1.54) is 11.8 Å². The molecular formula is C23H24N4O4S2. The van der Waals surface area contributed by atoms with Gasteiger partial charge in [-0.2, -0.15) is 4.31 Å². The number of aryl methyl sites for hydroxylation is 1. The molecule has 1 unspecified atom stereocenters. The van der Waals surface area contributed by atoms with Crippen LogP contribution in [-0.2, 0) is 10.0 Å². The van der Waals surface area contributed by atoms with Crippen molar-refractivity contribution in [1.82, 2.24) is 19.5 Å². The minimum atomic E-state index is -3.53. The van der Waals surface area contributed by atoms with Crippen LogP contribution in [0.4, 0.5) is 0 Å². The maximum absolute atomic E-state index is 13.0. The molecule has 8 nitrogen and oxygen atoms in total. The van der Waals surface area contributed by atoms with E-state index in [2.05, 4.69) is 15.2 Å². The summed E-state index contributed by atoms with van der Waals surface area (Å²) in [5, 5.41) is 8.55. The molecule has 0 aliphatic carbocycles. The molecule has 10 heteroatoms. The monoisotopic (exact) mass is 484 g/mol. The molecule has 33 heavy (non-hydrogen) atoms. The molecule has 1 fully saturated rings. The molecule has 0 amide bonds. The number of hydrogen-bond acceptors (Lipinski definition) is 8. The van der Waals surface area contributed by atoms with E-state index in [9.17, 15) is 8.42 Å². The number of benzene rings is 2. The molecular weight excluding hydrogens is 460 g/mol. The van der Waals surface area contributed by atoms with Crippen LogP contribution in [0.1, 0.15) is 42.9 Å². The predicted molar refractivity (Wildman–Crippen MR) is 125 cm³/mol. The Labute approximate surface area is 196 Å². The first-order valence-electron chi connectivity index (χ1n) is 10.9. The van der Waals surface area contributed by atoms with Gasteiger partial charge in [0.1, 0.15) is 5.52 Å². The van der Waals surface area contributed by atoms with Gasteiger partial charge in [0.15, 0.2) is 5.58 Å². The van der Waals surface area contributed by atoms with Gasteiger partial charge in [0.05, 0.1) is 10.1 Å². The summed E-state index contributed by atoms with van der Waals surface area (Å²) in [6, 6.07) is 12.7. The van der Waals surface area contributed by atoms with Crippen molar-refractivity contribution in [3.05, 3.63) is 53.9 Å². The summed E-state index contributed by atoms with van der Waals surface area (Å²) in [4.78, 5) is 4.74. The molecule has 0 spiro atoms. The standard InChI is InChI=1S/C23H24N4O4S2/c1-15-6-8-17(9-7-15)22-26-25-21(31-22)16(2)32-23-24-19-14-18(10-11-20(19)30-23)33(28,29)27-12-4-3-5-13-27/h6-11,14,16H,3-5,12-13H2,1-2H3. The van der Waals surface area contributed by atoms with Crippen LogP contribution >= 0.6 is 11.8 Å². The van der Waals surface area contributed by atoms with Crippen molar-refractivity contribution in [1.29, 1.82) is 0 Å². The van der Waals surface area contributed by atoms with Gasteiger partial charge < -0.3 is 8.83 Å². The van der Waals surface area contributed by atoms with E-state index in [-0.39, 0.29) is 10.1 Å². The molecule has 0 radical (unpaired) electrons. The van der Waals surface area contributed by atoms with Crippen LogP contribution in [0.5, 0.6) is 0 Å². The highest BCUT2D eigenvalue weighted by Gasteiger charge is 2.27. The Balaban J connectivity index is 1.34. The van der Waals surface area contributed by atoms with E-state index >= 15 is 0 Å². The Morgan fingerprint density at radius 3 is 2.52 bits per heavy atom. The summed E-state index contributed by atoms with van der Waals surface area (Å²) < 4.78 is 39.2. The number of hydrogen-bond donors (Lipinski definition) is 0. The summed E-state index contributed by atoms with van der Waals surface area (Å²) >= 11 is 1.34. The molecule has 5 rings (SSSR count). The van der Waals surface area contributed by atoms with Gasteiger partial charge in [-0.25, -0.2) is 13.4 Å². The zero-order valence-corrected chi connectivity index (χ0v) is 20.0. The van der Waals surface area contributed by atoms with Crippen LogP contribution in [0.25, 0.3) is 22.6 Å². The van der Waals surface area contributed by atoms with Crippen molar-refractivity contribution in [3.8, 4) is 11.5 Å². The van der Waals surface area contributed by atoms with Gasteiger partial charge in [-0.15, -0.1) is 10.2 Å². The van der Waals surface area contributed by atoms with Gasteiger partial charge >= 0.3 is 0 Å². The Kier molecular flexibility index (Phi) is 5.98.